The molecule has 0 nitrogen and oxygen atoms in total. The molecule has 0 atom stereocenters. The van der Waals surface area contributed by atoms with E-state index < -0.39 is 15.2 Å². The third-order valence-corrected chi connectivity index (χ3v) is 25.0. The lowest BCUT2D eigenvalue weighted by Gasteiger charge is -2.43. The summed E-state index contributed by atoms with van der Waals surface area (Å²) in [6, 6.07) is 5.00. The fourth-order valence-corrected chi connectivity index (χ4v) is 18.3. The molecule has 2 heteroatoms. The molecule has 0 aliphatic carbocycles. The van der Waals surface area contributed by atoms with Crippen LogP contribution in [-0.2, 0) is 0 Å². The van der Waals surface area contributed by atoms with E-state index >= 15 is 0 Å². The van der Waals surface area contributed by atoms with Gasteiger partial charge in [-0.25, -0.2) is 0 Å². The second-order valence-electron chi connectivity index (χ2n) is 8.96. The van der Waals surface area contributed by atoms with Crippen LogP contribution in [0.2, 0.25) is 37.8 Å². The van der Waals surface area contributed by atoms with Crippen LogP contribution in [0.15, 0.2) is 0 Å². The Hall–Kier alpha value is 0.434. The Balaban J connectivity index is 4.74. The largest absolute Gasteiger partial charge is 0.0715 e. The monoisotopic (exact) mass is 356 g/mol. The molecule has 0 aromatic heterocycles. The molecule has 0 aliphatic heterocycles. The van der Waals surface area contributed by atoms with Crippen LogP contribution in [0.5, 0.6) is 0 Å². The van der Waals surface area contributed by atoms with Gasteiger partial charge in [-0.1, -0.05) is 136 Å². The van der Waals surface area contributed by atoms with E-state index in [9.17, 15) is 0 Å². The average molecular weight is 357 g/mol. The standard InChI is InChI=1S/C21H48Si2/c1-7-10-13-16-19-23(22(4,5)6,20-17-14-11-8-2)21-18-15-12-9-3/h7-21H2,1-6H3. The summed E-state index contributed by atoms with van der Waals surface area (Å²) in [7, 11) is -1.99. The zero-order valence-corrected chi connectivity index (χ0v) is 19.6. The first-order valence-corrected chi connectivity index (χ1v) is 18.1. The van der Waals surface area contributed by atoms with Gasteiger partial charge in [0.1, 0.15) is 0 Å². The van der Waals surface area contributed by atoms with Crippen molar-refractivity contribution in [2.75, 3.05) is 0 Å². The summed E-state index contributed by atoms with van der Waals surface area (Å²) in [5.74, 6) is 0. The van der Waals surface area contributed by atoms with E-state index in [1.54, 1.807) is 37.4 Å². The van der Waals surface area contributed by atoms with Crippen molar-refractivity contribution in [3.8, 4) is 0 Å². The molecule has 0 heterocycles. The van der Waals surface area contributed by atoms with E-state index in [4.69, 9.17) is 0 Å². The number of rotatable bonds is 16. The van der Waals surface area contributed by atoms with Crippen LogP contribution in [-0.4, -0.2) is 15.2 Å². The van der Waals surface area contributed by atoms with Crippen molar-refractivity contribution < 1.29 is 0 Å². The molecule has 0 bridgehead atoms. The van der Waals surface area contributed by atoms with E-state index in [1.165, 1.54) is 57.8 Å². The molecule has 0 saturated heterocycles. The molecule has 0 N–H and O–H groups in total. The first-order chi connectivity index (χ1) is 10.9. The lowest BCUT2D eigenvalue weighted by atomic mass is 10.2. The lowest BCUT2D eigenvalue weighted by molar-refractivity contribution is 0.669. The fraction of sp³-hybridized carbons (Fsp3) is 1.00. The second kappa shape index (κ2) is 13.7. The zero-order chi connectivity index (χ0) is 17.6. The highest BCUT2D eigenvalue weighted by molar-refractivity contribution is 7.41. The van der Waals surface area contributed by atoms with Crippen molar-refractivity contribution in [2.45, 2.75) is 136 Å². The molecule has 0 saturated carbocycles. The van der Waals surface area contributed by atoms with Gasteiger partial charge in [0.15, 0.2) is 0 Å². The first-order valence-electron chi connectivity index (χ1n) is 10.9. The number of unbranched alkanes of at least 4 members (excludes halogenated alkanes) is 9. The molecule has 0 aromatic rings. The van der Waals surface area contributed by atoms with Crippen molar-refractivity contribution in [1.82, 2.24) is 0 Å². The topological polar surface area (TPSA) is 0 Å². The molecule has 0 aliphatic rings. The van der Waals surface area contributed by atoms with E-state index in [1.807, 2.05) is 0 Å². The predicted octanol–water partition coefficient (Wildman–Crippen LogP) is 8.59. The van der Waals surface area contributed by atoms with Crippen LogP contribution in [0.25, 0.3) is 0 Å². The van der Waals surface area contributed by atoms with Gasteiger partial charge in [-0.3, -0.25) is 0 Å². The van der Waals surface area contributed by atoms with Crippen molar-refractivity contribution >= 4 is 15.2 Å². The summed E-state index contributed by atoms with van der Waals surface area (Å²) in [5, 5.41) is 0. The van der Waals surface area contributed by atoms with Gasteiger partial charge in [0.05, 0.1) is 0 Å². The molecule has 0 spiro atoms. The number of hydrogen-bond donors (Lipinski definition) is 0. The Bertz CT molecular complexity index is 224. The molecule has 0 radical (unpaired) electrons. The minimum Gasteiger partial charge on any atom is -0.0715 e. The number of hydrogen-bond acceptors (Lipinski definition) is 0. The zero-order valence-electron chi connectivity index (χ0n) is 17.6. The first kappa shape index (κ1) is 23.4. The molecular formula is C21H48Si2. The highest BCUT2D eigenvalue weighted by Gasteiger charge is 2.43. The molecule has 0 unspecified atom stereocenters. The molecule has 0 aromatic carbocycles. The lowest BCUT2D eigenvalue weighted by Crippen LogP contribution is -2.56. The molecule has 23 heavy (non-hydrogen) atoms. The summed E-state index contributed by atoms with van der Waals surface area (Å²) >= 11 is 0. The average Bonchev–Trinajstić information content (AvgIpc) is 2.50. The Kier molecular flexibility index (Phi) is 14.0. The van der Waals surface area contributed by atoms with Crippen molar-refractivity contribution in [3.63, 3.8) is 0 Å². The van der Waals surface area contributed by atoms with Crippen LogP contribution in [0, 0.1) is 0 Å². The van der Waals surface area contributed by atoms with E-state index in [0.717, 1.165) is 0 Å². The van der Waals surface area contributed by atoms with Gasteiger partial charge < -0.3 is 0 Å². The Morgan fingerprint density at radius 2 is 0.739 bits per heavy atom. The van der Waals surface area contributed by atoms with E-state index in [-0.39, 0.29) is 0 Å². The van der Waals surface area contributed by atoms with E-state index in [0.29, 0.717) is 0 Å². The van der Waals surface area contributed by atoms with E-state index in [2.05, 4.69) is 40.4 Å². The molecule has 0 rings (SSSR count). The summed E-state index contributed by atoms with van der Waals surface area (Å²) < 4.78 is 0. The molecule has 140 valence electrons. The summed E-state index contributed by atoms with van der Waals surface area (Å²) in [6.07, 6.45) is 17.7. The highest BCUT2D eigenvalue weighted by atomic mass is 29.3. The van der Waals surface area contributed by atoms with Crippen LogP contribution < -0.4 is 0 Å². The Morgan fingerprint density at radius 3 is 0.957 bits per heavy atom. The third-order valence-electron chi connectivity index (χ3n) is 6.12. The predicted molar refractivity (Wildman–Crippen MR) is 116 cm³/mol. The van der Waals surface area contributed by atoms with Gasteiger partial charge >= 0.3 is 0 Å². The summed E-state index contributed by atoms with van der Waals surface area (Å²) in [5.41, 5.74) is 0. The highest BCUT2D eigenvalue weighted by Crippen LogP contribution is 2.37. The maximum absolute atomic E-state index is 2.72. The molecular weight excluding hydrogens is 308 g/mol. The summed E-state index contributed by atoms with van der Waals surface area (Å²) in [6.45, 7) is 15.2. The molecule has 0 amide bonds. The second-order valence-corrected chi connectivity index (χ2v) is 25.2. The third kappa shape index (κ3) is 10.1. The maximum atomic E-state index is 2.72. The quantitative estimate of drug-likeness (QED) is 0.192. The smallest absolute Gasteiger partial charge is 0.0471 e. The van der Waals surface area contributed by atoms with Crippen LogP contribution in [0.4, 0.5) is 0 Å². The van der Waals surface area contributed by atoms with Gasteiger partial charge in [0.25, 0.3) is 0 Å². The van der Waals surface area contributed by atoms with Gasteiger partial charge in [-0.2, -0.15) is 0 Å². The summed E-state index contributed by atoms with van der Waals surface area (Å²) in [4.78, 5) is 0. The van der Waals surface area contributed by atoms with Gasteiger partial charge in [-0.05, 0) is 0 Å². The van der Waals surface area contributed by atoms with Crippen LogP contribution in [0.3, 0.4) is 0 Å². The fourth-order valence-electron chi connectivity index (χ4n) is 4.17. The SMILES string of the molecule is CCCCCC[Si](CCCCCC)(CCCCCC)[Si](C)(C)C. The van der Waals surface area contributed by atoms with Crippen molar-refractivity contribution in [3.05, 3.63) is 0 Å². The van der Waals surface area contributed by atoms with Crippen molar-refractivity contribution in [1.29, 1.82) is 0 Å². The van der Waals surface area contributed by atoms with Crippen molar-refractivity contribution in [2.24, 2.45) is 0 Å². The molecule has 0 fully saturated rings. The Morgan fingerprint density at radius 1 is 0.435 bits per heavy atom. The maximum Gasteiger partial charge on any atom is 0.0471 e. The van der Waals surface area contributed by atoms with Crippen LogP contribution in [0.1, 0.15) is 97.8 Å². The van der Waals surface area contributed by atoms with Gasteiger partial charge in [-0.15, -0.1) is 0 Å². The minimum atomic E-state index is -1.01. The van der Waals surface area contributed by atoms with Crippen LogP contribution >= 0.6 is 0 Å². The van der Waals surface area contributed by atoms with Gasteiger partial charge in [0.2, 0.25) is 0 Å². The Labute approximate surface area is 151 Å². The normalized spacial score (nSPS) is 12.8. The minimum absolute atomic E-state index is 0.979. The van der Waals surface area contributed by atoms with Gasteiger partial charge in [0, 0.05) is 15.2 Å².